The summed E-state index contributed by atoms with van der Waals surface area (Å²) < 4.78 is 38.2. The number of nitrogens with zero attached hydrogens (tertiary/aromatic N) is 3. The number of rotatable bonds is 6. The van der Waals surface area contributed by atoms with Crippen LogP contribution in [0, 0.1) is 0 Å². The van der Waals surface area contributed by atoms with E-state index in [0.717, 1.165) is 22.1 Å². The second-order valence-electron chi connectivity index (χ2n) is 6.93. The predicted molar refractivity (Wildman–Crippen MR) is 123 cm³/mol. The third-order valence-corrected chi connectivity index (χ3v) is 8.19. The summed E-state index contributed by atoms with van der Waals surface area (Å²) >= 11 is 7.58. The van der Waals surface area contributed by atoms with Crippen LogP contribution >= 0.6 is 22.9 Å². The van der Waals surface area contributed by atoms with E-state index in [0.29, 0.717) is 31.2 Å². The molecule has 0 unspecified atom stereocenters. The second-order valence-corrected chi connectivity index (χ2v) is 10.1. The highest BCUT2D eigenvalue weighted by molar-refractivity contribution is 7.89. The van der Waals surface area contributed by atoms with E-state index >= 15 is 0 Å². The van der Waals surface area contributed by atoms with Crippen LogP contribution < -0.4 is 14.4 Å². The Kier molecular flexibility index (Phi) is 6.38. The van der Waals surface area contributed by atoms with Gasteiger partial charge in [-0.05, 0) is 42.5 Å². The maximum atomic E-state index is 13.1. The van der Waals surface area contributed by atoms with E-state index < -0.39 is 10.0 Å². The molecule has 7 nitrogen and oxygen atoms in total. The minimum absolute atomic E-state index is 0.0898. The molecule has 0 atom stereocenters. The van der Waals surface area contributed by atoms with E-state index in [4.69, 9.17) is 26.1 Å². The van der Waals surface area contributed by atoms with Gasteiger partial charge in [0.05, 0.1) is 19.9 Å². The summed E-state index contributed by atoms with van der Waals surface area (Å²) in [7, 11) is -0.624. The van der Waals surface area contributed by atoms with Gasteiger partial charge in [0.1, 0.15) is 16.4 Å². The number of benzene rings is 2. The average molecular weight is 480 g/mol. The Morgan fingerprint density at radius 3 is 2.35 bits per heavy atom. The normalized spacial score (nSPS) is 15.1. The smallest absolute Gasteiger partial charge is 0.246 e. The lowest BCUT2D eigenvalue weighted by molar-refractivity contribution is 0.374. The first-order valence-electron chi connectivity index (χ1n) is 9.61. The summed E-state index contributed by atoms with van der Waals surface area (Å²) in [5.41, 5.74) is 1.90. The maximum Gasteiger partial charge on any atom is 0.246 e. The Hall–Kier alpha value is -2.33. The van der Waals surface area contributed by atoms with Gasteiger partial charge in [-0.3, -0.25) is 0 Å². The Morgan fingerprint density at radius 2 is 1.71 bits per heavy atom. The number of anilines is 1. The maximum absolute atomic E-state index is 13.1. The van der Waals surface area contributed by atoms with Crippen molar-refractivity contribution in [3.05, 3.63) is 52.9 Å². The number of hydrogen-bond acceptors (Lipinski definition) is 7. The summed E-state index contributed by atoms with van der Waals surface area (Å²) in [5.74, 6) is 1.09. The van der Waals surface area contributed by atoms with E-state index in [1.54, 1.807) is 30.6 Å². The molecule has 2 heterocycles. The molecule has 2 aromatic carbocycles. The predicted octanol–water partition coefficient (Wildman–Crippen LogP) is 3.99. The van der Waals surface area contributed by atoms with E-state index in [2.05, 4.69) is 4.90 Å². The lowest BCUT2D eigenvalue weighted by Crippen LogP contribution is -2.48. The molecule has 0 saturated carbocycles. The molecule has 1 aliphatic rings. The van der Waals surface area contributed by atoms with Crippen molar-refractivity contribution in [1.29, 1.82) is 0 Å². The van der Waals surface area contributed by atoms with Gasteiger partial charge in [0, 0.05) is 42.1 Å². The van der Waals surface area contributed by atoms with E-state index in [9.17, 15) is 8.42 Å². The topological polar surface area (TPSA) is 72.0 Å². The van der Waals surface area contributed by atoms with Gasteiger partial charge < -0.3 is 14.4 Å². The molecule has 1 aromatic heterocycles. The summed E-state index contributed by atoms with van der Waals surface area (Å²) in [6.45, 7) is 1.82. The summed E-state index contributed by atoms with van der Waals surface area (Å²) in [6, 6.07) is 12.4. The second kappa shape index (κ2) is 9.04. The van der Waals surface area contributed by atoms with Gasteiger partial charge in [0.15, 0.2) is 5.13 Å². The third-order valence-electron chi connectivity index (χ3n) is 5.13. The lowest BCUT2D eigenvalue weighted by Gasteiger charge is -2.34. The molecule has 4 rings (SSSR count). The minimum atomic E-state index is -3.71. The summed E-state index contributed by atoms with van der Waals surface area (Å²) in [5, 5.41) is 3.24. The van der Waals surface area contributed by atoms with Crippen LogP contribution in [0.4, 0.5) is 5.13 Å². The van der Waals surface area contributed by atoms with Crippen LogP contribution in [0.3, 0.4) is 0 Å². The molecule has 1 aliphatic heterocycles. The molecule has 0 spiro atoms. The first-order chi connectivity index (χ1) is 14.9. The fourth-order valence-corrected chi connectivity index (χ4v) is 6.14. The fraction of sp³-hybridized carbons (Fsp3) is 0.286. The molecule has 31 heavy (non-hydrogen) atoms. The Morgan fingerprint density at radius 1 is 1.00 bits per heavy atom. The number of halogens is 1. The van der Waals surface area contributed by atoms with Gasteiger partial charge in [-0.2, -0.15) is 4.31 Å². The zero-order chi connectivity index (χ0) is 22.0. The number of aromatic nitrogens is 1. The van der Waals surface area contributed by atoms with Crippen molar-refractivity contribution in [3.63, 3.8) is 0 Å². The van der Waals surface area contributed by atoms with Crippen molar-refractivity contribution in [1.82, 2.24) is 9.29 Å². The van der Waals surface area contributed by atoms with Crippen LogP contribution in [0.5, 0.6) is 11.5 Å². The molecule has 164 valence electrons. The summed E-state index contributed by atoms with van der Waals surface area (Å²) in [4.78, 5) is 6.94. The van der Waals surface area contributed by atoms with Crippen LogP contribution in [0.15, 0.2) is 52.7 Å². The number of sulfonamides is 1. The standard InChI is InChI=1S/C21H22ClN3O4S2/c1-28-17-6-3-15(4-7-17)18-14-30-21(23-18)24-9-11-25(12-10-24)31(26,27)20-13-16(22)5-8-19(20)29-2/h3-8,13-14H,9-12H2,1-2H3. The molecular formula is C21H22ClN3O4S2. The third kappa shape index (κ3) is 4.50. The van der Waals surface area contributed by atoms with Crippen LogP contribution in [0.25, 0.3) is 11.3 Å². The van der Waals surface area contributed by atoms with Crippen LogP contribution in [0.2, 0.25) is 5.02 Å². The van der Waals surface area contributed by atoms with Crippen molar-refractivity contribution in [3.8, 4) is 22.8 Å². The number of piperazine rings is 1. The van der Waals surface area contributed by atoms with Crippen LogP contribution in [0.1, 0.15) is 0 Å². The molecule has 0 amide bonds. The van der Waals surface area contributed by atoms with Gasteiger partial charge >= 0.3 is 0 Å². The Bertz CT molecular complexity index is 1160. The average Bonchev–Trinajstić information content (AvgIpc) is 3.29. The van der Waals surface area contributed by atoms with Crippen molar-refractivity contribution in [2.24, 2.45) is 0 Å². The summed E-state index contributed by atoms with van der Waals surface area (Å²) in [6.07, 6.45) is 0. The van der Waals surface area contributed by atoms with Crippen LogP contribution in [-0.2, 0) is 10.0 Å². The number of ether oxygens (including phenoxy) is 2. The van der Waals surface area contributed by atoms with Crippen molar-refractivity contribution in [2.75, 3.05) is 45.3 Å². The highest BCUT2D eigenvalue weighted by Gasteiger charge is 2.31. The molecule has 0 aliphatic carbocycles. The van der Waals surface area contributed by atoms with Gasteiger partial charge in [-0.1, -0.05) is 11.6 Å². The number of hydrogen-bond donors (Lipinski definition) is 0. The monoisotopic (exact) mass is 479 g/mol. The molecule has 1 saturated heterocycles. The van der Waals surface area contributed by atoms with Gasteiger partial charge in [0.2, 0.25) is 10.0 Å². The molecule has 0 bridgehead atoms. The SMILES string of the molecule is COc1ccc(-c2csc(N3CCN(S(=O)(=O)c4cc(Cl)ccc4OC)CC3)n2)cc1. The molecule has 3 aromatic rings. The zero-order valence-electron chi connectivity index (χ0n) is 17.1. The van der Waals surface area contributed by atoms with Crippen molar-refractivity contribution >= 4 is 38.1 Å². The van der Waals surface area contributed by atoms with Crippen molar-refractivity contribution in [2.45, 2.75) is 4.90 Å². The molecule has 0 N–H and O–H groups in total. The first kappa shape index (κ1) is 21.9. The minimum Gasteiger partial charge on any atom is -0.497 e. The molecule has 10 heteroatoms. The molecule has 1 fully saturated rings. The van der Waals surface area contributed by atoms with E-state index in [-0.39, 0.29) is 10.6 Å². The number of methoxy groups -OCH3 is 2. The van der Waals surface area contributed by atoms with Crippen LogP contribution in [-0.4, -0.2) is 58.1 Å². The Balaban J connectivity index is 1.46. The van der Waals surface area contributed by atoms with E-state index in [1.807, 2.05) is 29.6 Å². The Labute approximate surface area is 190 Å². The largest absolute Gasteiger partial charge is 0.497 e. The van der Waals surface area contributed by atoms with Crippen molar-refractivity contribution < 1.29 is 17.9 Å². The fourth-order valence-electron chi connectivity index (χ4n) is 3.41. The van der Waals surface area contributed by atoms with Gasteiger partial charge in [-0.15, -0.1) is 11.3 Å². The number of thiazole rings is 1. The molecule has 0 radical (unpaired) electrons. The van der Waals surface area contributed by atoms with Gasteiger partial charge in [-0.25, -0.2) is 13.4 Å². The highest BCUT2D eigenvalue weighted by Crippen LogP contribution is 2.32. The molecular weight excluding hydrogens is 458 g/mol. The zero-order valence-corrected chi connectivity index (χ0v) is 19.5. The van der Waals surface area contributed by atoms with E-state index in [1.165, 1.54) is 17.5 Å². The van der Waals surface area contributed by atoms with Gasteiger partial charge in [0.25, 0.3) is 0 Å². The highest BCUT2D eigenvalue weighted by atomic mass is 35.5. The quantitative estimate of drug-likeness (QED) is 0.532. The first-order valence-corrected chi connectivity index (χ1v) is 12.3. The lowest BCUT2D eigenvalue weighted by atomic mass is 10.2.